The van der Waals surface area contributed by atoms with Crippen LogP contribution in [0.4, 0.5) is 11.4 Å². The van der Waals surface area contributed by atoms with Crippen molar-refractivity contribution in [3.63, 3.8) is 0 Å². The van der Waals surface area contributed by atoms with Gasteiger partial charge in [0.15, 0.2) is 0 Å². The molecule has 3 heterocycles. The van der Waals surface area contributed by atoms with Crippen molar-refractivity contribution in [1.29, 1.82) is 0 Å². The zero-order valence-corrected chi connectivity index (χ0v) is 33.6. The van der Waals surface area contributed by atoms with Crippen LogP contribution in [0.5, 0.6) is 0 Å². The Labute approximate surface area is 356 Å². The highest BCUT2D eigenvalue weighted by Gasteiger charge is 2.24. The average Bonchev–Trinajstić information content (AvgIpc) is 4.04. The second-order valence-corrected chi connectivity index (χ2v) is 16.2. The Morgan fingerprint density at radius 1 is 0.371 bits per heavy atom. The predicted molar refractivity (Wildman–Crippen MR) is 257 cm³/mol. The molecular formula is C58H37NO3. The van der Waals surface area contributed by atoms with Crippen LogP contribution in [0.1, 0.15) is 18.4 Å². The van der Waals surface area contributed by atoms with E-state index in [4.69, 9.17) is 13.3 Å². The summed E-state index contributed by atoms with van der Waals surface area (Å²) in [6.45, 7) is 0. The van der Waals surface area contributed by atoms with E-state index in [-0.39, 0.29) is 0 Å². The first-order valence-electron chi connectivity index (χ1n) is 21.3. The van der Waals surface area contributed by atoms with Crippen LogP contribution in [-0.4, -0.2) is 0 Å². The topological polar surface area (TPSA) is 42.7 Å². The van der Waals surface area contributed by atoms with Gasteiger partial charge in [0.05, 0.1) is 0 Å². The fraction of sp³-hybridized carbons (Fsp3) is 0.0345. The minimum Gasteiger partial charge on any atom is -0.456 e. The van der Waals surface area contributed by atoms with Gasteiger partial charge in [0.1, 0.15) is 33.5 Å². The molecule has 9 aromatic carbocycles. The summed E-state index contributed by atoms with van der Waals surface area (Å²) in [5.41, 5.74) is 15.5. The molecular weight excluding hydrogens is 759 g/mol. The van der Waals surface area contributed by atoms with Crippen LogP contribution in [0.2, 0.25) is 0 Å². The lowest BCUT2D eigenvalue weighted by atomic mass is 9.93. The Hall–Kier alpha value is -8.08. The highest BCUT2D eigenvalue weighted by molar-refractivity contribution is 6.17. The number of allylic oxidation sites excluding steroid dienone is 4. The van der Waals surface area contributed by atoms with E-state index in [2.05, 4.69) is 181 Å². The lowest BCUT2D eigenvalue weighted by Crippen LogP contribution is -2.19. The van der Waals surface area contributed by atoms with E-state index in [1.807, 2.05) is 24.3 Å². The largest absolute Gasteiger partial charge is 0.456 e. The van der Waals surface area contributed by atoms with E-state index in [1.165, 1.54) is 11.1 Å². The maximum atomic E-state index is 6.93. The Bertz CT molecular complexity index is 3800. The van der Waals surface area contributed by atoms with Crippen molar-refractivity contribution in [2.45, 2.75) is 12.8 Å². The van der Waals surface area contributed by atoms with Crippen molar-refractivity contribution in [3.8, 4) is 22.3 Å². The highest BCUT2D eigenvalue weighted by atomic mass is 16.3. The fourth-order valence-electron chi connectivity index (χ4n) is 9.90. The third kappa shape index (κ3) is 5.33. The lowest BCUT2D eigenvalue weighted by Gasteiger charge is -2.31. The molecule has 12 aromatic rings. The van der Waals surface area contributed by atoms with Crippen LogP contribution in [0.15, 0.2) is 219 Å². The average molecular weight is 796 g/mol. The van der Waals surface area contributed by atoms with Gasteiger partial charge in [-0.25, -0.2) is 0 Å². The Morgan fingerprint density at radius 2 is 0.935 bits per heavy atom. The Morgan fingerprint density at radius 3 is 1.73 bits per heavy atom. The molecule has 0 atom stereocenters. The molecule has 0 amide bonds. The Kier molecular flexibility index (Phi) is 7.70. The minimum absolute atomic E-state index is 0.855. The number of fused-ring (bicyclic) bond motifs is 11. The summed E-state index contributed by atoms with van der Waals surface area (Å²) in [5, 5.41) is 9.06. The predicted octanol–water partition coefficient (Wildman–Crippen LogP) is 16.8. The molecule has 0 spiro atoms. The molecule has 1 aliphatic rings. The molecule has 3 aromatic heterocycles. The maximum Gasteiger partial charge on any atom is 0.143 e. The van der Waals surface area contributed by atoms with Gasteiger partial charge in [0.25, 0.3) is 0 Å². The van der Waals surface area contributed by atoms with Gasteiger partial charge in [-0.3, -0.25) is 0 Å². The summed E-state index contributed by atoms with van der Waals surface area (Å²) >= 11 is 0. The summed E-state index contributed by atoms with van der Waals surface area (Å²) in [7, 11) is 0. The molecule has 1 aliphatic carbocycles. The van der Waals surface area contributed by atoms with E-state index in [1.54, 1.807) is 0 Å². The molecule has 0 unspecified atom stereocenters. The molecule has 0 aliphatic heterocycles. The molecule has 0 radical (unpaired) electrons. The van der Waals surface area contributed by atoms with Gasteiger partial charge in [0, 0.05) is 71.5 Å². The summed E-state index contributed by atoms with van der Waals surface area (Å²) < 4.78 is 19.7. The summed E-state index contributed by atoms with van der Waals surface area (Å²) in [4.78, 5) is 2.44. The molecule has 62 heavy (non-hydrogen) atoms. The van der Waals surface area contributed by atoms with E-state index < -0.39 is 0 Å². The number of furan rings is 3. The van der Waals surface area contributed by atoms with Crippen LogP contribution < -0.4 is 4.90 Å². The molecule has 0 fully saturated rings. The van der Waals surface area contributed by atoms with Gasteiger partial charge in [-0.2, -0.15) is 0 Å². The summed E-state index contributed by atoms with van der Waals surface area (Å²) in [6.07, 6.45) is 6.37. The number of nitrogens with zero attached hydrogens (tertiary/aromatic N) is 1. The molecule has 0 saturated carbocycles. The van der Waals surface area contributed by atoms with Crippen molar-refractivity contribution in [2.75, 3.05) is 4.90 Å². The number of benzene rings is 9. The second kappa shape index (κ2) is 13.7. The quantitative estimate of drug-likeness (QED) is 0.168. The van der Waals surface area contributed by atoms with E-state index in [0.717, 1.165) is 129 Å². The molecule has 13 rings (SSSR count). The van der Waals surface area contributed by atoms with Crippen LogP contribution in [0, 0.1) is 0 Å². The highest BCUT2D eigenvalue weighted by Crippen LogP contribution is 2.45. The molecule has 4 nitrogen and oxygen atoms in total. The number of rotatable bonds is 6. The van der Waals surface area contributed by atoms with E-state index >= 15 is 0 Å². The van der Waals surface area contributed by atoms with Crippen molar-refractivity contribution in [1.82, 2.24) is 0 Å². The van der Waals surface area contributed by atoms with Crippen LogP contribution in [0.3, 0.4) is 0 Å². The maximum absolute atomic E-state index is 6.93. The van der Waals surface area contributed by atoms with Crippen LogP contribution >= 0.6 is 0 Å². The number of anilines is 2. The summed E-state index contributed by atoms with van der Waals surface area (Å²) in [5.74, 6) is 0. The van der Waals surface area contributed by atoms with Gasteiger partial charge < -0.3 is 18.2 Å². The SMILES string of the molecule is C1=CC(c2cccc3c2oc2c4ccccc4ccc32)=C(N(c2ccc(-c3cccc4c3oc3ccccc34)cc2)c2ccc(-c3cccc4oc5ccccc5c34)cc2)CC1. The zero-order valence-electron chi connectivity index (χ0n) is 33.6. The van der Waals surface area contributed by atoms with Crippen LogP contribution in [-0.2, 0) is 0 Å². The fourth-order valence-corrected chi connectivity index (χ4v) is 9.90. The molecule has 292 valence electrons. The van der Waals surface area contributed by atoms with Crippen molar-refractivity contribution >= 4 is 93.5 Å². The Balaban J connectivity index is 0.990. The van der Waals surface area contributed by atoms with E-state index in [9.17, 15) is 0 Å². The third-order valence-corrected chi connectivity index (χ3v) is 12.8. The number of hydrogen-bond donors (Lipinski definition) is 0. The van der Waals surface area contributed by atoms with E-state index in [0.29, 0.717) is 0 Å². The minimum atomic E-state index is 0.855. The van der Waals surface area contributed by atoms with Gasteiger partial charge in [-0.1, -0.05) is 152 Å². The molecule has 4 heteroatoms. The summed E-state index contributed by atoms with van der Waals surface area (Å²) in [6, 6.07) is 66.8. The van der Waals surface area contributed by atoms with Crippen molar-refractivity contribution < 1.29 is 13.3 Å². The number of hydrogen-bond acceptors (Lipinski definition) is 4. The smallest absolute Gasteiger partial charge is 0.143 e. The third-order valence-electron chi connectivity index (χ3n) is 12.8. The van der Waals surface area contributed by atoms with Gasteiger partial charge >= 0.3 is 0 Å². The second-order valence-electron chi connectivity index (χ2n) is 16.2. The van der Waals surface area contributed by atoms with Gasteiger partial charge in [0.2, 0.25) is 0 Å². The lowest BCUT2D eigenvalue weighted by molar-refractivity contribution is 0.669. The van der Waals surface area contributed by atoms with Gasteiger partial charge in [-0.05, 0) is 83.4 Å². The first-order chi connectivity index (χ1) is 30.7. The van der Waals surface area contributed by atoms with Crippen LogP contribution in [0.25, 0.3) is 104 Å². The normalized spacial score (nSPS) is 13.2. The first kappa shape index (κ1) is 34.8. The monoisotopic (exact) mass is 795 g/mol. The molecule has 0 saturated heterocycles. The first-order valence-corrected chi connectivity index (χ1v) is 21.3. The van der Waals surface area contributed by atoms with Crippen molar-refractivity contribution in [2.24, 2.45) is 0 Å². The standard InChI is InChI=1S/C58H37NO3/c1-2-13-42-36(12-1)30-35-49-48-21-10-19-46(58(48)62-57(42)49)44-14-3-6-22-51(44)59(39-31-26-37(27-32-39)41-17-11-25-54-55(41)50-16-5-8-24-53(50)60-54)40-33-28-38(29-34-40)43-18-9-20-47-45-15-4-7-23-52(45)61-56(43)47/h1-5,7-21,23-35H,6,22H2. The number of para-hydroxylation sites is 4. The molecule has 0 bridgehead atoms. The van der Waals surface area contributed by atoms with Crippen molar-refractivity contribution in [3.05, 3.63) is 211 Å². The zero-order chi connectivity index (χ0) is 40.7. The molecule has 0 N–H and O–H groups in total. The van der Waals surface area contributed by atoms with Gasteiger partial charge in [-0.15, -0.1) is 0 Å².